The summed E-state index contributed by atoms with van der Waals surface area (Å²) in [5.74, 6) is 0.954. The Labute approximate surface area is 119 Å². The summed E-state index contributed by atoms with van der Waals surface area (Å²) in [5, 5.41) is 4.42. The topological polar surface area (TPSA) is 45.5 Å². The molecule has 0 radical (unpaired) electrons. The van der Waals surface area contributed by atoms with Gasteiger partial charge in [-0.05, 0) is 32.4 Å². The molecule has 2 atom stereocenters. The first-order valence-electron chi connectivity index (χ1n) is 6.87. The Morgan fingerprint density at radius 2 is 1.90 bits per heavy atom. The number of carbonyl (C=O) groups excluding carboxylic acids is 1. The molecule has 0 aliphatic carbocycles. The largest absolute Gasteiger partial charge is 0.459 e. The zero-order chi connectivity index (χ0) is 14.9. The Morgan fingerprint density at radius 3 is 2.50 bits per heavy atom. The molecule has 108 valence electrons. The predicted molar refractivity (Wildman–Crippen MR) is 80.7 cm³/mol. The van der Waals surface area contributed by atoms with E-state index in [-0.39, 0.29) is 18.0 Å². The molecule has 0 spiro atoms. The highest BCUT2D eigenvalue weighted by Crippen LogP contribution is 2.29. The zero-order valence-electron chi connectivity index (χ0n) is 12.7. The second kappa shape index (κ2) is 5.67. The predicted octanol–water partition coefficient (Wildman–Crippen LogP) is 2.87. The number of hydrogen-bond donors (Lipinski definition) is 1. The van der Waals surface area contributed by atoms with Gasteiger partial charge in [0.05, 0.1) is 12.1 Å². The van der Waals surface area contributed by atoms with E-state index in [1.807, 2.05) is 32.0 Å². The van der Waals surface area contributed by atoms with E-state index >= 15 is 0 Å². The van der Waals surface area contributed by atoms with Crippen molar-refractivity contribution in [3.05, 3.63) is 35.6 Å². The molecule has 4 nitrogen and oxygen atoms in total. The minimum absolute atomic E-state index is 0.0127. The molecule has 1 heterocycles. The van der Waals surface area contributed by atoms with Crippen molar-refractivity contribution in [3.8, 4) is 0 Å². The number of fused-ring (bicyclic) bond motifs is 1. The maximum atomic E-state index is 11.9. The lowest BCUT2D eigenvalue weighted by Crippen LogP contribution is -2.42. The van der Waals surface area contributed by atoms with Crippen LogP contribution >= 0.6 is 0 Å². The third-order valence-corrected chi connectivity index (χ3v) is 3.59. The van der Waals surface area contributed by atoms with E-state index in [9.17, 15) is 4.79 Å². The number of amides is 1. The SMILES string of the molecule is Cc1c(C(C)NC(C)C(=O)N(C)C)oc2ccccc12. The average Bonchev–Trinajstić information content (AvgIpc) is 2.75. The second-order valence-electron chi connectivity index (χ2n) is 5.43. The van der Waals surface area contributed by atoms with Crippen LogP contribution in [0.25, 0.3) is 11.0 Å². The molecule has 0 fully saturated rings. The number of furan rings is 1. The lowest BCUT2D eigenvalue weighted by Gasteiger charge is -2.21. The standard InChI is InChI=1S/C16H22N2O2/c1-10-13-8-6-7-9-14(13)20-15(10)11(2)17-12(3)16(19)18(4)5/h6-9,11-12,17H,1-5H3. The van der Waals surface area contributed by atoms with Crippen molar-refractivity contribution >= 4 is 16.9 Å². The first kappa shape index (κ1) is 14.6. The Balaban J connectivity index is 2.21. The van der Waals surface area contributed by atoms with Gasteiger partial charge in [0.15, 0.2) is 0 Å². The lowest BCUT2D eigenvalue weighted by atomic mass is 10.1. The van der Waals surface area contributed by atoms with E-state index in [4.69, 9.17) is 4.42 Å². The van der Waals surface area contributed by atoms with Crippen LogP contribution in [0.4, 0.5) is 0 Å². The number of nitrogens with zero attached hydrogens (tertiary/aromatic N) is 1. The van der Waals surface area contributed by atoms with Crippen molar-refractivity contribution in [2.45, 2.75) is 32.9 Å². The second-order valence-corrected chi connectivity index (χ2v) is 5.43. The fourth-order valence-corrected chi connectivity index (χ4v) is 2.52. The van der Waals surface area contributed by atoms with Crippen LogP contribution < -0.4 is 5.32 Å². The van der Waals surface area contributed by atoms with Crippen LogP contribution in [0.15, 0.2) is 28.7 Å². The normalized spacial score (nSPS) is 14.2. The number of aryl methyl sites for hydroxylation is 1. The summed E-state index contributed by atoms with van der Waals surface area (Å²) in [6.45, 7) is 5.94. The van der Waals surface area contributed by atoms with Crippen LogP contribution in [0.1, 0.15) is 31.2 Å². The Morgan fingerprint density at radius 1 is 1.25 bits per heavy atom. The molecule has 2 unspecified atom stereocenters. The quantitative estimate of drug-likeness (QED) is 0.932. The Kier molecular flexibility index (Phi) is 4.14. The summed E-state index contributed by atoms with van der Waals surface area (Å²) in [7, 11) is 3.52. The highest BCUT2D eigenvalue weighted by atomic mass is 16.3. The maximum absolute atomic E-state index is 11.9. The molecule has 1 amide bonds. The van der Waals surface area contributed by atoms with E-state index < -0.39 is 0 Å². The van der Waals surface area contributed by atoms with Crippen LogP contribution in [0, 0.1) is 6.92 Å². The summed E-state index contributed by atoms with van der Waals surface area (Å²) in [6.07, 6.45) is 0. The van der Waals surface area contributed by atoms with Crippen molar-refractivity contribution in [2.24, 2.45) is 0 Å². The molecule has 20 heavy (non-hydrogen) atoms. The monoisotopic (exact) mass is 274 g/mol. The number of hydrogen-bond acceptors (Lipinski definition) is 3. The molecule has 4 heteroatoms. The third-order valence-electron chi connectivity index (χ3n) is 3.59. The summed E-state index contributed by atoms with van der Waals surface area (Å²) in [4.78, 5) is 13.5. The first-order valence-corrected chi connectivity index (χ1v) is 6.87. The Bertz CT molecular complexity index is 616. The van der Waals surface area contributed by atoms with Crippen molar-refractivity contribution < 1.29 is 9.21 Å². The summed E-state index contributed by atoms with van der Waals surface area (Å²) >= 11 is 0. The molecule has 0 saturated heterocycles. The van der Waals surface area contributed by atoms with E-state index in [1.165, 1.54) is 0 Å². The van der Waals surface area contributed by atoms with Crippen molar-refractivity contribution in [2.75, 3.05) is 14.1 Å². The molecule has 2 rings (SSSR count). The van der Waals surface area contributed by atoms with Crippen molar-refractivity contribution in [1.82, 2.24) is 10.2 Å². The summed E-state index contributed by atoms with van der Waals surface area (Å²) in [6, 6.07) is 7.73. The fourth-order valence-electron chi connectivity index (χ4n) is 2.52. The smallest absolute Gasteiger partial charge is 0.238 e. The molecule has 0 saturated carbocycles. The van der Waals surface area contributed by atoms with Gasteiger partial charge < -0.3 is 9.32 Å². The highest BCUT2D eigenvalue weighted by Gasteiger charge is 2.21. The average molecular weight is 274 g/mol. The molecule has 0 aliphatic heterocycles. The van der Waals surface area contributed by atoms with Crippen molar-refractivity contribution in [3.63, 3.8) is 0 Å². The van der Waals surface area contributed by atoms with E-state index in [0.717, 1.165) is 22.3 Å². The molecule has 1 aromatic carbocycles. The van der Waals surface area contributed by atoms with Gasteiger partial charge in [-0.25, -0.2) is 0 Å². The number of rotatable bonds is 4. The molecule has 1 aromatic heterocycles. The minimum Gasteiger partial charge on any atom is -0.459 e. The molecular formula is C16H22N2O2. The van der Waals surface area contributed by atoms with E-state index in [0.29, 0.717) is 0 Å². The minimum atomic E-state index is -0.243. The van der Waals surface area contributed by atoms with Gasteiger partial charge in [0.1, 0.15) is 11.3 Å². The third kappa shape index (κ3) is 2.70. The lowest BCUT2D eigenvalue weighted by molar-refractivity contribution is -0.130. The number of likely N-dealkylation sites (N-methyl/N-ethyl adjacent to an activating group) is 1. The first-order chi connectivity index (χ1) is 9.41. The van der Waals surface area contributed by atoms with Gasteiger partial charge in [0, 0.05) is 19.5 Å². The van der Waals surface area contributed by atoms with Gasteiger partial charge in [-0.1, -0.05) is 18.2 Å². The maximum Gasteiger partial charge on any atom is 0.238 e. The number of para-hydroxylation sites is 1. The van der Waals surface area contributed by atoms with Gasteiger partial charge in [-0.2, -0.15) is 0 Å². The summed E-state index contributed by atoms with van der Waals surface area (Å²) < 4.78 is 5.91. The van der Waals surface area contributed by atoms with Crippen LogP contribution in [-0.4, -0.2) is 30.9 Å². The number of nitrogens with one attached hydrogen (secondary N) is 1. The molecular weight excluding hydrogens is 252 g/mol. The van der Waals surface area contributed by atoms with Gasteiger partial charge in [-0.15, -0.1) is 0 Å². The van der Waals surface area contributed by atoms with Gasteiger partial charge >= 0.3 is 0 Å². The van der Waals surface area contributed by atoms with Crippen LogP contribution in [-0.2, 0) is 4.79 Å². The van der Waals surface area contributed by atoms with Gasteiger partial charge in [-0.3, -0.25) is 10.1 Å². The number of carbonyl (C=O) groups is 1. The summed E-state index contributed by atoms with van der Waals surface area (Å²) in [5.41, 5.74) is 2.02. The molecule has 1 N–H and O–H groups in total. The zero-order valence-corrected chi connectivity index (χ0v) is 12.7. The van der Waals surface area contributed by atoms with E-state index in [2.05, 4.69) is 18.3 Å². The highest BCUT2D eigenvalue weighted by molar-refractivity contribution is 5.82. The van der Waals surface area contributed by atoms with Crippen LogP contribution in [0.3, 0.4) is 0 Å². The molecule has 2 aromatic rings. The molecule has 0 bridgehead atoms. The van der Waals surface area contributed by atoms with Gasteiger partial charge in [0.25, 0.3) is 0 Å². The van der Waals surface area contributed by atoms with Crippen LogP contribution in [0.2, 0.25) is 0 Å². The van der Waals surface area contributed by atoms with Crippen molar-refractivity contribution in [1.29, 1.82) is 0 Å². The Hall–Kier alpha value is -1.81. The fraction of sp³-hybridized carbons (Fsp3) is 0.438. The van der Waals surface area contributed by atoms with E-state index in [1.54, 1.807) is 19.0 Å². The van der Waals surface area contributed by atoms with Crippen LogP contribution in [0.5, 0.6) is 0 Å². The van der Waals surface area contributed by atoms with Gasteiger partial charge in [0.2, 0.25) is 5.91 Å². The molecule has 0 aliphatic rings. The number of benzene rings is 1.